The molecule has 0 aliphatic carbocycles. The van der Waals surface area contributed by atoms with Crippen LogP contribution in [0.1, 0.15) is 15.9 Å². The van der Waals surface area contributed by atoms with Gasteiger partial charge in [0.1, 0.15) is 0 Å². The van der Waals surface area contributed by atoms with Gasteiger partial charge in [-0.3, -0.25) is 9.78 Å². The number of halogens is 1. The van der Waals surface area contributed by atoms with Crippen LogP contribution in [0.4, 0.5) is 11.4 Å². The molecule has 92 valence electrons. The van der Waals surface area contributed by atoms with Crippen LogP contribution in [0.25, 0.3) is 0 Å². The number of benzene rings is 1. The minimum absolute atomic E-state index is 0.246. The van der Waals surface area contributed by atoms with Crippen LogP contribution in [-0.4, -0.2) is 10.9 Å². The predicted molar refractivity (Wildman–Crippen MR) is 72.8 cm³/mol. The summed E-state index contributed by atoms with van der Waals surface area (Å²) in [5.41, 5.74) is 8.11. The molecule has 0 atom stereocenters. The van der Waals surface area contributed by atoms with Gasteiger partial charge in [0.15, 0.2) is 0 Å². The van der Waals surface area contributed by atoms with Crippen LogP contribution in [-0.2, 0) is 0 Å². The van der Waals surface area contributed by atoms with E-state index < -0.39 is 0 Å². The van der Waals surface area contributed by atoms with Crippen molar-refractivity contribution in [3.8, 4) is 0 Å². The summed E-state index contributed by atoms with van der Waals surface area (Å²) in [6, 6.07) is 6.60. The molecule has 1 heterocycles. The van der Waals surface area contributed by atoms with Gasteiger partial charge in [-0.25, -0.2) is 0 Å². The largest absolute Gasteiger partial charge is 0.398 e. The molecule has 4 nitrogen and oxygen atoms in total. The molecule has 0 radical (unpaired) electrons. The number of pyridine rings is 1. The minimum Gasteiger partial charge on any atom is -0.398 e. The highest BCUT2D eigenvalue weighted by atomic mass is 35.5. The number of hydrogen-bond acceptors (Lipinski definition) is 3. The first-order valence-corrected chi connectivity index (χ1v) is 5.72. The van der Waals surface area contributed by atoms with Crippen LogP contribution >= 0.6 is 11.6 Å². The zero-order valence-electron chi connectivity index (χ0n) is 9.77. The highest BCUT2D eigenvalue weighted by Crippen LogP contribution is 2.20. The fraction of sp³-hybridized carbons (Fsp3) is 0.0769. The van der Waals surface area contributed by atoms with Gasteiger partial charge in [0.05, 0.1) is 22.6 Å². The van der Waals surface area contributed by atoms with Gasteiger partial charge in [0, 0.05) is 11.8 Å². The summed E-state index contributed by atoms with van der Waals surface area (Å²) in [6.07, 6.45) is 3.31. The smallest absolute Gasteiger partial charge is 0.255 e. The maximum atomic E-state index is 12.0. The number of aromatic nitrogens is 1. The number of nitrogens with one attached hydrogen (secondary N) is 1. The number of anilines is 2. The number of carbonyl (C=O) groups is 1. The molecule has 0 aliphatic heterocycles. The van der Waals surface area contributed by atoms with Crippen LogP contribution in [0.5, 0.6) is 0 Å². The van der Waals surface area contributed by atoms with Crippen LogP contribution in [0.15, 0.2) is 36.7 Å². The quantitative estimate of drug-likeness (QED) is 0.817. The third-order valence-electron chi connectivity index (χ3n) is 2.40. The predicted octanol–water partition coefficient (Wildman–Crippen LogP) is 2.88. The standard InChI is InChI=1S/C13H12ClN3O/c1-8-4-10(7-16-6-8)17-13(18)9-2-3-12(15)11(14)5-9/h2-7H,15H2,1H3,(H,17,18). The van der Waals surface area contributed by atoms with E-state index in [2.05, 4.69) is 10.3 Å². The van der Waals surface area contributed by atoms with Crippen molar-refractivity contribution in [1.29, 1.82) is 0 Å². The molecule has 0 spiro atoms. The second-order valence-corrected chi connectivity index (χ2v) is 4.35. The Hall–Kier alpha value is -2.07. The second-order valence-electron chi connectivity index (χ2n) is 3.94. The number of hydrogen-bond donors (Lipinski definition) is 2. The zero-order valence-corrected chi connectivity index (χ0v) is 10.5. The summed E-state index contributed by atoms with van der Waals surface area (Å²) >= 11 is 5.87. The molecular formula is C13H12ClN3O. The minimum atomic E-state index is -0.246. The number of rotatable bonds is 2. The summed E-state index contributed by atoms with van der Waals surface area (Å²) in [5.74, 6) is -0.246. The first-order valence-electron chi connectivity index (χ1n) is 5.34. The van der Waals surface area contributed by atoms with E-state index in [1.807, 2.05) is 13.0 Å². The van der Waals surface area contributed by atoms with Crippen molar-refractivity contribution in [2.75, 3.05) is 11.1 Å². The molecule has 0 aliphatic rings. The molecule has 3 N–H and O–H groups in total. The lowest BCUT2D eigenvalue weighted by Crippen LogP contribution is -2.12. The molecule has 0 fully saturated rings. The lowest BCUT2D eigenvalue weighted by atomic mass is 10.2. The van der Waals surface area contributed by atoms with Gasteiger partial charge < -0.3 is 11.1 Å². The Balaban J connectivity index is 2.19. The summed E-state index contributed by atoms with van der Waals surface area (Å²) in [4.78, 5) is 16.0. The average Bonchev–Trinajstić information content (AvgIpc) is 2.32. The van der Waals surface area contributed by atoms with Crippen molar-refractivity contribution in [3.05, 3.63) is 52.8 Å². The molecule has 2 rings (SSSR count). The van der Waals surface area contributed by atoms with E-state index in [9.17, 15) is 4.79 Å². The Kier molecular flexibility index (Phi) is 3.48. The third kappa shape index (κ3) is 2.78. The highest BCUT2D eigenvalue weighted by molar-refractivity contribution is 6.33. The molecule has 0 unspecified atom stereocenters. The molecule has 5 heteroatoms. The monoisotopic (exact) mass is 261 g/mol. The lowest BCUT2D eigenvalue weighted by molar-refractivity contribution is 0.102. The summed E-state index contributed by atoms with van der Waals surface area (Å²) < 4.78 is 0. The Bertz CT molecular complexity index is 599. The van der Waals surface area contributed by atoms with E-state index in [0.717, 1.165) is 5.56 Å². The fourth-order valence-corrected chi connectivity index (χ4v) is 1.68. The molecule has 1 aromatic carbocycles. The van der Waals surface area contributed by atoms with Gasteiger partial charge in [-0.1, -0.05) is 11.6 Å². The number of carbonyl (C=O) groups excluding carboxylic acids is 1. The van der Waals surface area contributed by atoms with E-state index in [1.165, 1.54) is 6.07 Å². The van der Waals surface area contributed by atoms with Gasteiger partial charge in [0.25, 0.3) is 5.91 Å². The number of nitrogens with zero attached hydrogens (tertiary/aromatic N) is 1. The fourth-order valence-electron chi connectivity index (χ4n) is 1.49. The maximum absolute atomic E-state index is 12.0. The van der Waals surface area contributed by atoms with Gasteiger partial charge in [0.2, 0.25) is 0 Å². The first kappa shape index (κ1) is 12.4. The SMILES string of the molecule is Cc1cncc(NC(=O)c2ccc(N)c(Cl)c2)c1. The molecule has 18 heavy (non-hydrogen) atoms. The molecule has 0 saturated heterocycles. The number of nitrogen functional groups attached to an aromatic ring is 1. The summed E-state index contributed by atoms with van der Waals surface area (Å²) in [5, 5.41) is 3.11. The van der Waals surface area contributed by atoms with E-state index in [4.69, 9.17) is 17.3 Å². The van der Waals surface area contributed by atoms with Crippen molar-refractivity contribution in [2.45, 2.75) is 6.92 Å². The van der Waals surface area contributed by atoms with Crippen LogP contribution < -0.4 is 11.1 Å². The Morgan fingerprint density at radius 1 is 1.33 bits per heavy atom. The number of aryl methyl sites for hydroxylation is 1. The topological polar surface area (TPSA) is 68.0 Å². The summed E-state index contributed by atoms with van der Waals surface area (Å²) in [6.45, 7) is 1.91. The lowest BCUT2D eigenvalue weighted by Gasteiger charge is -2.06. The molecule has 1 aromatic heterocycles. The van der Waals surface area contributed by atoms with Crippen molar-refractivity contribution in [3.63, 3.8) is 0 Å². The van der Waals surface area contributed by atoms with Crippen molar-refractivity contribution >= 4 is 28.9 Å². The second kappa shape index (κ2) is 5.06. The van der Waals surface area contributed by atoms with Gasteiger partial charge in [-0.2, -0.15) is 0 Å². The highest BCUT2D eigenvalue weighted by Gasteiger charge is 2.08. The molecule has 2 aromatic rings. The van der Waals surface area contributed by atoms with E-state index in [1.54, 1.807) is 24.5 Å². The molecule has 0 saturated carbocycles. The van der Waals surface area contributed by atoms with Gasteiger partial charge >= 0.3 is 0 Å². The van der Waals surface area contributed by atoms with E-state index >= 15 is 0 Å². The van der Waals surface area contributed by atoms with Crippen LogP contribution in [0.3, 0.4) is 0 Å². The van der Waals surface area contributed by atoms with Crippen LogP contribution in [0, 0.1) is 6.92 Å². The Morgan fingerprint density at radius 3 is 2.78 bits per heavy atom. The molecule has 1 amide bonds. The Morgan fingerprint density at radius 2 is 2.11 bits per heavy atom. The average molecular weight is 262 g/mol. The maximum Gasteiger partial charge on any atom is 0.255 e. The number of nitrogens with two attached hydrogens (primary N) is 1. The number of amides is 1. The molecular weight excluding hydrogens is 250 g/mol. The van der Waals surface area contributed by atoms with Crippen molar-refractivity contribution < 1.29 is 4.79 Å². The van der Waals surface area contributed by atoms with Gasteiger partial charge in [-0.15, -0.1) is 0 Å². The molecule has 0 bridgehead atoms. The van der Waals surface area contributed by atoms with Gasteiger partial charge in [-0.05, 0) is 36.8 Å². The normalized spacial score (nSPS) is 10.1. The zero-order chi connectivity index (χ0) is 13.1. The van der Waals surface area contributed by atoms with E-state index in [-0.39, 0.29) is 5.91 Å². The van der Waals surface area contributed by atoms with Crippen molar-refractivity contribution in [1.82, 2.24) is 4.98 Å². The summed E-state index contributed by atoms with van der Waals surface area (Å²) in [7, 11) is 0. The van der Waals surface area contributed by atoms with Crippen LogP contribution in [0.2, 0.25) is 5.02 Å². The Labute approximate surface area is 110 Å². The van der Waals surface area contributed by atoms with Crippen molar-refractivity contribution in [2.24, 2.45) is 0 Å². The third-order valence-corrected chi connectivity index (χ3v) is 2.72. The van der Waals surface area contributed by atoms with E-state index in [0.29, 0.717) is 22.0 Å². The first-order chi connectivity index (χ1) is 8.56.